The lowest BCUT2D eigenvalue weighted by Gasteiger charge is -1.74. The highest BCUT2D eigenvalue weighted by Crippen LogP contribution is 2.03. The van der Waals surface area contributed by atoms with Crippen molar-refractivity contribution >= 4 is 30.1 Å². The number of aliphatic carboxylic acids is 2. The van der Waals surface area contributed by atoms with Crippen LogP contribution in [0.4, 0.5) is 0 Å². The first-order chi connectivity index (χ1) is 7.13. The molecule has 0 aromatic carbocycles. The Kier molecular flexibility index (Phi) is 7.70. The third kappa shape index (κ3) is 12.2. The van der Waals surface area contributed by atoms with Crippen molar-refractivity contribution in [3.8, 4) is 0 Å². The molecule has 0 unspecified atom stereocenters. The largest absolute Gasteiger partial charge is 0.478 e. The fraction of sp³-hybridized carbons (Fsp3) is 0. The van der Waals surface area contributed by atoms with E-state index in [0.29, 0.717) is 12.2 Å². The van der Waals surface area contributed by atoms with Crippen LogP contribution >= 0.6 is 11.9 Å². The van der Waals surface area contributed by atoms with Crippen LogP contribution in [0, 0.1) is 0 Å². The molecule has 0 bridgehead atoms. The van der Waals surface area contributed by atoms with E-state index in [2.05, 4.69) is 4.40 Å². The molecule has 0 radical (unpaired) electrons. The van der Waals surface area contributed by atoms with Crippen LogP contribution in [-0.2, 0) is 9.59 Å². The normalized spacial score (nSPS) is 13.1. The van der Waals surface area contributed by atoms with E-state index < -0.39 is 11.9 Å². The maximum atomic E-state index is 9.55. The van der Waals surface area contributed by atoms with Crippen molar-refractivity contribution in [2.24, 2.45) is 4.40 Å². The number of carbonyl (C=O) groups is 2. The molecule has 1 rings (SSSR count). The van der Waals surface area contributed by atoms with Crippen LogP contribution in [0.1, 0.15) is 0 Å². The Balaban J connectivity index is 0.000000262. The van der Waals surface area contributed by atoms with Gasteiger partial charge in [-0.1, -0.05) is 12.2 Å². The van der Waals surface area contributed by atoms with Crippen molar-refractivity contribution in [3.05, 3.63) is 35.8 Å². The van der Waals surface area contributed by atoms with Crippen molar-refractivity contribution in [1.29, 1.82) is 0 Å². The van der Waals surface area contributed by atoms with Gasteiger partial charge in [0.2, 0.25) is 0 Å². The van der Waals surface area contributed by atoms with Gasteiger partial charge in [-0.05, 0) is 11.5 Å². The van der Waals surface area contributed by atoms with Crippen molar-refractivity contribution in [1.82, 2.24) is 0 Å². The highest BCUT2D eigenvalue weighted by molar-refractivity contribution is 8.01. The average molecular weight is 227 g/mol. The maximum absolute atomic E-state index is 9.55. The summed E-state index contributed by atoms with van der Waals surface area (Å²) in [4.78, 5) is 19.1. The summed E-state index contributed by atoms with van der Waals surface area (Å²) in [5, 5.41) is 17.6. The Morgan fingerprint density at radius 3 is 2.20 bits per heavy atom. The van der Waals surface area contributed by atoms with Gasteiger partial charge in [0.05, 0.1) is 0 Å². The molecule has 0 aromatic heterocycles. The van der Waals surface area contributed by atoms with Crippen LogP contribution in [0.3, 0.4) is 0 Å². The summed E-state index contributed by atoms with van der Waals surface area (Å²) >= 11 is 1.44. The zero-order chi connectivity index (χ0) is 11.5. The topological polar surface area (TPSA) is 87.0 Å². The van der Waals surface area contributed by atoms with Crippen LogP contribution in [-0.4, -0.2) is 28.4 Å². The van der Waals surface area contributed by atoms with Gasteiger partial charge in [-0.15, -0.1) is 0 Å². The maximum Gasteiger partial charge on any atom is 0.328 e. The zero-order valence-electron chi connectivity index (χ0n) is 7.61. The molecule has 0 aliphatic carbocycles. The first-order valence-corrected chi connectivity index (χ1v) is 4.61. The predicted molar refractivity (Wildman–Crippen MR) is 58.8 cm³/mol. The second kappa shape index (κ2) is 8.76. The van der Waals surface area contributed by atoms with Crippen LogP contribution in [0.5, 0.6) is 0 Å². The van der Waals surface area contributed by atoms with E-state index in [0.717, 1.165) is 0 Å². The van der Waals surface area contributed by atoms with E-state index in [4.69, 9.17) is 10.2 Å². The van der Waals surface area contributed by atoms with Gasteiger partial charge in [0, 0.05) is 30.3 Å². The van der Waals surface area contributed by atoms with Gasteiger partial charge < -0.3 is 10.2 Å². The molecule has 0 atom stereocenters. The number of rotatable bonds is 2. The third-order valence-corrected chi connectivity index (χ3v) is 1.46. The van der Waals surface area contributed by atoms with Gasteiger partial charge in [-0.2, -0.15) is 0 Å². The van der Waals surface area contributed by atoms with E-state index >= 15 is 0 Å². The highest BCUT2D eigenvalue weighted by Gasteiger charge is 1.88. The van der Waals surface area contributed by atoms with Crippen molar-refractivity contribution < 1.29 is 19.8 Å². The number of allylic oxidation sites excluding steroid dienone is 3. The minimum atomic E-state index is -1.26. The minimum Gasteiger partial charge on any atom is -0.478 e. The molecule has 0 saturated heterocycles. The molecule has 1 aliphatic heterocycles. The van der Waals surface area contributed by atoms with E-state index in [9.17, 15) is 9.59 Å². The lowest BCUT2D eigenvalue weighted by atomic mass is 10.5. The molecule has 0 saturated carbocycles. The second-order valence-corrected chi connectivity index (χ2v) is 2.78. The lowest BCUT2D eigenvalue weighted by Crippen LogP contribution is -1.91. The van der Waals surface area contributed by atoms with Crippen LogP contribution in [0.25, 0.3) is 0 Å². The summed E-state index contributed by atoms with van der Waals surface area (Å²) in [5.41, 5.74) is 0. The van der Waals surface area contributed by atoms with Crippen molar-refractivity contribution in [3.63, 3.8) is 0 Å². The SMILES string of the molecule is C1=CC=NSC=C1.O=C(O)/C=C/C(=O)O. The third-order valence-electron chi connectivity index (χ3n) is 0.938. The van der Waals surface area contributed by atoms with E-state index in [1.165, 1.54) is 11.9 Å². The van der Waals surface area contributed by atoms with Gasteiger partial charge in [0.25, 0.3) is 0 Å². The zero-order valence-corrected chi connectivity index (χ0v) is 8.42. The molecule has 15 heavy (non-hydrogen) atoms. The smallest absolute Gasteiger partial charge is 0.328 e. The van der Waals surface area contributed by atoms with Gasteiger partial charge >= 0.3 is 11.9 Å². The van der Waals surface area contributed by atoms with Crippen LogP contribution < -0.4 is 0 Å². The van der Waals surface area contributed by atoms with E-state index in [1.807, 2.05) is 23.6 Å². The summed E-state index contributed by atoms with van der Waals surface area (Å²) in [6.07, 6.45) is 8.69. The second-order valence-electron chi connectivity index (χ2n) is 2.08. The number of hydrogen-bond donors (Lipinski definition) is 2. The Hall–Kier alpha value is -1.82. The minimum absolute atomic E-state index is 0.558. The first kappa shape index (κ1) is 13.2. The van der Waals surface area contributed by atoms with Gasteiger partial charge in [-0.3, -0.25) is 0 Å². The lowest BCUT2D eigenvalue weighted by molar-refractivity contribution is -0.134. The number of hydrogen-bond acceptors (Lipinski definition) is 4. The molecule has 0 spiro atoms. The average Bonchev–Trinajstić information content (AvgIpc) is 2.47. The molecule has 5 nitrogen and oxygen atoms in total. The Bertz CT molecular complexity index is 301. The van der Waals surface area contributed by atoms with Crippen LogP contribution in [0.2, 0.25) is 0 Å². The first-order valence-electron chi connectivity index (χ1n) is 3.78. The summed E-state index contributed by atoms with van der Waals surface area (Å²) in [6, 6.07) is 0. The fourth-order valence-electron chi connectivity index (χ4n) is 0.442. The van der Waals surface area contributed by atoms with Gasteiger partial charge in [0.15, 0.2) is 0 Å². The summed E-state index contributed by atoms with van der Waals surface area (Å²) in [5.74, 6) is -2.51. The molecule has 0 fully saturated rings. The van der Waals surface area contributed by atoms with Gasteiger partial charge in [0.1, 0.15) is 0 Å². The Labute approximate surface area is 90.7 Å². The monoisotopic (exact) mass is 227 g/mol. The van der Waals surface area contributed by atoms with Gasteiger partial charge in [-0.25, -0.2) is 14.0 Å². The molecular weight excluding hydrogens is 218 g/mol. The number of nitrogens with zero attached hydrogens (tertiary/aromatic N) is 1. The Morgan fingerprint density at radius 2 is 1.67 bits per heavy atom. The van der Waals surface area contributed by atoms with Crippen molar-refractivity contribution in [2.75, 3.05) is 0 Å². The molecule has 0 amide bonds. The Morgan fingerprint density at radius 1 is 1.07 bits per heavy atom. The summed E-state index contributed by atoms with van der Waals surface area (Å²) in [7, 11) is 0. The predicted octanol–water partition coefficient (Wildman–Crippen LogP) is 1.50. The molecular formula is C9H9NO4S. The number of carboxylic acids is 2. The standard InChI is InChI=1S/C5H5NS.C4H4O4/c1-2-4-6-7-5-3-1;5-3(6)1-2-4(7)8/h1-5H;1-2H,(H,5,6)(H,7,8)/b;2-1+. The fourth-order valence-corrected chi connectivity index (χ4v) is 0.814. The molecule has 0 aromatic rings. The van der Waals surface area contributed by atoms with Crippen LogP contribution in [0.15, 0.2) is 40.2 Å². The molecule has 1 heterocycles. The molecule has 1 aliphatic rings. The van der Waals surface area contributed by atoms with E-state index in [-0.39, 0.29) is 0 Å². The summed E-state index contributed by atoms with van der Waals surface area (Å²) < 4.78 is 3.89. The quantitative estimate of drug-likeness (QED) is 0.551. The highest BCUT2D eigenvalue weighted by atomic mass is 32.2. The molecule has 6 heteroatoms. The molecule has 2 N–H and O–H groups in total. The molecule has 80 valence electrons. The number of carboxylic acid groups (broad SMARTS) is 2. The summed E-state index contributed by atoms with van der Waals surface area (Å²) in [6.45, 7) is 0. The van der Waals surface area contributed by atoms with Crippen molar-refractivity contribution in [2.45, 2.75) is 0 Å². The van der Waals surface area contributed by atoms with E-state index in [1.54, 1.807) is 6.21 Å².